The van der Waals surface area contributed by atoms with E-state index in [0.717, 1.165) is 35.5 Å². The summed E-state index contributed by atoms with van der Waals surface area (Å²) in [6, 6.07) is 3.59. The Labute approximate surface area is 96.5 Å². The number of benzene rings is 1. The lowest BCUT2D eigenvalue weighted by atomic mass is 10.1. The summed E-state index contributed by atoms with van der Waals surface area (Å²) < 4.78 is 0. The Hall–Kier alpha value is -0.730. The van der Waals surface area contributed by atoms with Gasteiger partial charge in [0.05, 0.1) is 0 Å². The number of aryl methyl sites for hydroxylation is 2. The molecule has 1 aromatic rings. The molecule has 0 atom stereocenters. The molecule has 0 saturated heterocycles. The van der Waals surface area contributed by atoms with Gasteiger partial charge < -0.3 is 10.0 Å². The van der Waals surface area contributed by atoms with Gasteiger partial charge in [0.15, 0.2) is 0 Å². The van der Waals surface area contributed by atoms with E-state index in [1.54, 1.807) is 6.07 Å². The number of aromatic hydroxyl groups is 1. The molecule has 3 heteroatoms. The van der Waals surface area contributed by atoms with Crippen LogP contribution in [0.15, 0.2) is 12.1 Å². The van der Waals surface area contributed by atoms with Crippen molar-refractivity contribution in [2.45, 2.75) is 19.8 Å². The van der Waals surface area contributed by atoms with Crippen molar-refractivity contribution in [3.63, 3.8) is 0 Å². The molecule has 2 nitrogen and oxygen atoms in total. The molecule has 1 aromatic carbocycles. The number of rotatable bonds is 4. The predicted molar refractivity (Wildman–Crippen MR) is 64.7 cm³/mol. The molecule has 0 aromatic heterocycles. The van der Waals surface area contributed by atoms with Crippen LogP contribution < -0.4 is 0 Å². The van der Waals surface area contributed by atoms with Gasteiger partial charge in [-0.1, -0.05) is 11.6 Å². The second-order valence-electron chi connectivity index (χ2n) is 4.14. The molecule has 0 aliphatic carbocycles. The highest BCUT2D eigenvalue weighted by atomic mass is 35.5. The Bertz CT molecular complexity index is 337. The average molecular weight is 228 g/mol. The summed E-state index contributed by atoms with van der Waals surface area (Å²) in [4.78, 5) is 2.13. The largest absolute Gasteiger partial charge is 0.508 e. The first-order valence-electron chi connectivity index (χ1n) is 5.13. The lowest BCUT2D eigenvalue weighted by Gasteiger charge is -2.10. The predicted octanol–water partition coefficient (Wildman–Crippen LogP) is 2.85. The van der Waals surface area contributed by atoms with Gasteiger partial charge in [-0.2, -0.15) is 0 Å². The third kappa shape index (κ3) is 3.73. The zero-order valence-corrected chi connectivity index (χ0v) is 10.3. The fourth-order valence-electron chi connectivity index (χ4n) is 1.49. The Morgan fingerprint density at radius 1 is 1.33 bits per heavy atom. The van der Waals surface area contributed by atoms with Gasteiger partial charge in [-0.25, -0.2) is 0 Å². The van der Waals surface area contributed by atoms with Crippen molar-refractivity contribution in [2.24, 2.45) is 0 Å². The second kappa shape index (κ2) is 5.38. The summed E-state index contributed by atoms with van der Waals surface area (Å²) in [7, 11) is 4.09. The zero-order valence-electron chi connectivity index (χ0n) is 9.55. The monoisotopic (exact) mass is 227 g/mol. The topological polar surface area (TPSA) is 23.5 Å². The average Bonchev–Trinajstić information content (AvgIpc) is 2.13. The quantitative estimate of drug-likeness (QED) is 0.855. The molecule has 0 radical (unpaired) electrons. The molecule has 0 amide bonds. The molecule has 1 rings (SSSR count). The van der Waals surface area contributed by atoms with E-state index in [2.05, 4.69) is 4.90 Å². The van der Waals surface area contributed by atoms with Gasteiger partial charge in [-0.3, -0.25) is 0 Å². The van der Waals surface area contributed by atoms with Crippen LogP contribution in [0.25, 0.3) is 0 Å². The maximum absolute atomic E-state index is 9.71. The van der Waals surface area contributed by atoms with E-state index in [0.29, 0.717) is 5.75 Å². The van der Waals surface area contributed by atoms with Crippen molar-refractivity contribution < 1.29 is 5.11 Å². The number of hydrogen-bond donors (Lipinski definition) is 1. The van der Waals surface area contributed by atoms with E-state index in [9.17, 15) is 5.11 Å². The highest BCUT2D eigenvalue weighted by Crippen LogP contribution is 2.26. The van der Waals surface area contributed by atoms with Crippen molar-refractivity contribution in [1.29, 1.82) is 0 Å². The van der Waals surface area contributed by atoms with Crippen molar-refractivity contribution in [3.05, 3.63) is 28.3 Å². The van der Waals surface area contributed by atoms with Crippen LogP contribution >= 0.6 is 11.6 Å². The molecule has 1 N–H and O–H groups in total. The van der Waals surface area contributed by atoms with E-state index < -0.39 is 0 Å². The van der Waals surface area contributed by atoms with Gasteiger partial charge in [-0.15, -0.1) is 0 Å². The smallest absolute Gasteiger partial charge is 0.119 e. The summed E-state index contributed by atoms with van der Waals surface area (Å²) in [5.41, 5.74) is 1.86. The van der Waals surface area contributed by atoms with E-state index in [1.165, 1.54) is 0 Å². The minimum Gasteiger partial charge on any atom is -0.508 e. The van der Waals surface area contributed by atoms with Gasteiger partial charge in [-0.05, 0) is 63.7 Å². The Kier molecular flexibility index (Phi) is 4.43. The maximum Gasteiger partial charge on any atom is 0.119 e. The van der Waals surface area contributed by atoms with Crippen LogP contribution in [0.2, 0.25) is 5.02 Å². The van der Waals surface area contributed by atoms with Gasteiger partial charge in [0.2, 0.25) is 0 Å². The summed E-state index contributed by atoms with van der Waals surface area (Å²) in [5, 5.41) is 10.4. The fraction of sp³-hybridized carbons (Fsp3) is 0.500. The molecule has 0 unspecified atom stereocenters. The normalized spacial score (nSPS) is 11.0. The van der Waals surface area contributed by atoms with Gasteiger partial charge >= 0.3 is 0 Å². The number of nitrogens with zero attached hydrogens (tertiary/aromatic N) is 1. The Morgan fingerprint density at radius 2 is 2.00 bits per heavy atom. The number of phenols is 1. The number of phenolic OH excluding ortho intramolecular Hbond substituents is 1. The van der Waals surface area contributed by atoms with E-state index in [4.69, 9.17) is 11.6 Å². The summed E-state index contributed by atoms with van der Waals surface area (Å²) >= 11 is 6.01. The Morgan fingerprint density at radius 3 is 2.60 bits per heavy atom. The third-order valence-electron chi connectivity index (χ3n) is 2.41. The standard InChI is InChI=1S/C12H18ClNO/c1-9-7-12(15)10(8-11(9)13)5-4-6-14(2)3/h7-8,15H,4-6H2,1-3H3. The first kappa shape index (κ1) is 12.3. The SMILES string of the molecule is Cc1cc(O)c(CCCN(C)C)cc1Cl. The van der Waals surface area contributed by atoms with Crippen LogP contribution in [-0.2, 0) is 6.42 Å². The number of halogens is 1. The third-order valence-corrected chi connectivity index (χ3v) is 2.82. The molecule has 0 aliphatic rings. The van der Waals surface area contributed by atoms with Crippen molar-refractivity contribution in [3.8, 4) is 5.75 Å². The first-order valence-corrected chi connectivity index (χ1v) is 5.51. The van der Waals surface area contributed by atoms with Crippen LogP contribution in [0.4, 0.5) is 0 Å². The lowest BCUT2D eigenvalue weighted by Crippen LogP contribution is -2.13. The lowest BCUT2D eigenvalue weighted by molar-refractivity contribution is 0.397. The van der Waals surface area contributed by atoms with Gasteiger partial charge in [0.1, 0.15) is 5.75 Å². The molecular formula is C12H18ClNO. The highest BCUT2D eigenvalue weighted by molar-refractivity contribution is 6.31. The number of hydrogen-bond acceptors (Lipinski definition) is 2. The van der Waals surface area contributed by atoms with E-state index >= 15 is 0 Å². The summed E-state index contributed by atoms with van der Waals surface area (Å²) in [6.45, 7) is 2.91. The first-order chi connectivity index (χ1) is 7.00. The van der Waals surface area contributed by atoms with Crippen LogP contribution in [0.1, 0.15) is 17.5 Å². The molecule has 0 saturated carbocycles. The minimum atomic E-state index is 0.357. The van der Waals surface area contributed by atoms with Crippen LogP contribution in [0.5, 0.6) is 5.75 Å². The molecule has 15 heavy (non-hydrogen) atoms. The van der Waals surface area contributed by atoms with Crippen molar-refractivity contribution in [1.82, 2.24) is 4.90 Å². The zero-order chi connectivity index (χ0) is 11.4. The summed E-state index contributed by atoms with van der Waals surface area (Å²) in [6.07, 6.45) is 1.89. The van der Waals surface area contributed by atoms with Crippen LogP contribution in [0.3, 0.4) is 0 Å². The van der Waals surface area contributed by atoms with Gasteiger partial charge in [0, 0.05) is 5.02 Å². The second-order valence-corrected chi connectivity index (χ2v) is 4.54. The highest BCUT2D eigenvalue weighted by Gasteiger charge is 2.05. The minimum absolute atomic E-state index is 0.357. The van der Waals surface area contributed by atoms with E-state index in [-0.39, 0.29) is 0 Å². The molecule has 0 spiro atoms. The fourth-order valence-corrected chi connectivity index (χ4v) is 1.68. The van der Waals surface area contributed by atoms with Crippen LogP contribution in [-0.4, -0.2) is 30.6 Å². The van der Waals surface area contributed by atoms with Crippen LogP contribution in [0, 0.1) is 6.92 Å². The summed E-state index contributed by atoms with van der Waals surface area (Å²) in [5.74, 6) is 0.357. The molecule has 0 fully saturated rings. The maximum atomic E-state index is 9.71. The molecule has 0 heterocycles. The van der Waals surface area contributed by atoms with E-state index in [1.807, 2.05) is 27.1 Å². The van der Waals surface area contributed by atoms with Crippen molar-refractivity contribution in [2.75, 3.05) is 20.6 Å². The van der Waals surface area contributed by atoms with Gasteiger partial charge in [0.25, 0.3) is 0 Å². The molecular weight excluding hydrogens is 210 g/mol. The molecule has 0 bridgehead atoms. The molecule has 84 valence electrons. The molecule has 0 aliphatic heterocycles. The van der Waals surface area contributed by atoms with Crippen molar-refractivity contribution >= 4 is 11.6 Å². The Balaban J connectivity index is 2.65.